The Bertz CT molecular complexity index is 931. The van der Waals surface area contributed by atoms with E-state index in [-0.39, 0.29) is 0 Å². The molecule has 2 heterocycles. The van der Waals surface area contributed by atoms with Gasteiger partial charge in [0.2, 0.25) is 0 Å². The molecule has 0 aromatic carbocycles. The fraction of sp³-hybridized carbons (Fsp3) is 0.333. The van der Waals surface area contributed by atoms with Crippen molar-refractivity contribution in [1.29, 1.82) is 0 Å². The van der Waals surface area contributed by atoms with E-state index in [1.54, 1.807) is 0 Å². The van der Waals surface area contributed by atoms with Gasteiger partial charge in [0.15, 0.2) is 11.5 Å². The topological polar surface area (TPSA) is 55.4 Å². The molecule has 1 aliphatic carbocycles. The Labute approximate surface area is 154 Å². The van der Waals surface area contributed by atoms with E-state index in [2.05, 4.69) is 64.9 Å². The predicted octanol–water partition coefficient (Wildman–Crippen LogP) is 4.48. The van der Waals surface area contributed by atoms with E-state index in [0.29, 0.717) is 0 Å². The number of aliphatic imine (C=N–C) groups is 1. The first-order valence-electron chi connectivity index (χ1n) is 8.86. The molecule has 0 N–H and O–H groups in total. The Balaban J connectivity index is 1.72. The number of hydrogen-bond donors (Lipinski definition) is 0. The predicted molar refractivity (Wildman–Crippen MR) is 106 cm³/mol. The number of nitrogens with zero attached hydrogens (tertiary/aromatic N) is 5. The third-order valence-electron chi connectivity index (χ3n) is 4.74. The van der Waals surface area contributed by atoms with Crippen molar-refractivity contribution >= 4 is 12.4 Å². The van der Waals surface area contributed by atoms with Gasteiger partial charge in [0, 0.05) is 18.3 Å². The lowest BCUT2D eigenvalue weighted by Gasteiger charge is -2.11. The minimum atomic E-state index is 0.725. The first-order chi connectivity index (χ1) is 12.5. The van der Waals surface area contributed by atoms with E-state index in [1.165, 1.54) is 16.7 Å². The Morgan fingerprint density at radius 1 is 1.27 bits per heavy atom. The number of aryl methyl sites for hydroxylation is 3. The summed E-state index contributed by atoms with van der Waals surface area (Å²) in [6, 6.07) is 0. The zero-order valence-corrected chi connectivity index (χ0v) is 16.0. The molecule has 2 aromatic rings. The zero-order chi connectivity index (χ0) is 18.7. The molecule has 3 rings (SSSR count). The molecule has 0 saturated carbocycles. The van der Waals surface area contributed by atoms with Gasteiger partial charge in [0.1, 0.15) is 0 Å². The molecule has 0 bridgehead atoms. The summed E-state index contributed by atoms with van der Waals surface area (Å²) in [7, 11) is 0. The molecule has 5 heteroatoms. The summed E-state index contributed by atoms with van der Waals surface area (Å²) >= 11 is 0. The van der Waals surface area contributed by atoms with Crippen LogP contribution in [0.15, 0.2) is 57.9 Å². The molecule has 0 saturated heterocycles. The standard InChI is InChI=1S/C21H25N5/c1-14-6-7-18(12-15(14)2)8-9-19(22-5)10-11-20-24-21-17(4)23-13-16(3)26(21)25-20/h6-9,13H,5,10-12H2,1-4H3/b18-8-,19-9-. The van der Waals surface area contributed by atoms with E-state index in [9.17, 15) is 0 Å². The van der Waals surface area contributed by atoms with Gasteiger partial charge < -0.3 is 0 Å². The highest BCUT2D eigenvalue weighted by Gasteiger charge is 2.09. The van der Waals surface area contributed by atoms with Crippen LogP contribution in [-0.4, -0.2) is 26.3 Å². The average molecular weight is 347 g/mol. The van der Waals surface area contributed by atoms with Gasteiger partial charge in [-0.25, -0.2) is 9.50 Å². The maximum Gasteiger partial charge on any atom is 0.177 e. The lowest BCUT2D eigenvalue weighted by molar-refractivity contribution is 0.810. The number of rotatable bonds is 5. The van der Waals surface area contributed by atoms with Gasteiger partial charge in [-0.05, 0) is 58.9 Å². The third-order valence-corrected chi connectivity index (χ3v) is 4.74. The van der Waals surface area contributed by atoms with Crippen LogP contribution in [0.1, 0.15) is 43.9 Å². The Morgan fingerprint density at radius 2 is 2.08 bits per heavy atom. The molecular formula is C21H25N5. The smallest absolute Gasteiger partial charge is 0.177 e. The molecular weight excluding hydrogens is 322 g/mol. The Morgan fingerprint density at radius 3 is 2.77 bits per heavy atom. The molecule has 1 aliphatic rings. The van der Waals surface area contributed by atoms with Gasteiger partial charge in [0.25, 0.3) is 0 Å². The van der Waals surface area contributed by atoms with Crippen molar-refractivity contribution in [3.8, 4) is 0 Å². The number of aromatic nitrogens is 4. The van der Waals surface area contributed by atoms with Crippen molar-refractivity contribution < 1.29 is 0 Å². The second-order valence-electron chi connectivity index (χ2n) is 6.78. The largest absolute Gasteiger partial charge is 0.269 e. The number of fused-ring (bicyclic) bond motifs is 1. The molecule has 0 radical (unpaired) electrons. The van der Waals surface area contributed by atoms with E-state index >= 15 is 0 Å². The second-order valence-corrected chi connectivity index (χ2v) is 6.78. The van der Waals surface area contributed by atoms with Gasteiger partial charge in [-0.3, -0.25) is 9.98 Å². The molecule has 0 unspecified atom stereocenters. The van der Waals surface area contributed by atoms with Crippen LogP contribution in [0.3, 0.4) is 0 Å². The molecule has 0 atom stereocenters. The van der Waals surface area contributed by atoms with Crippen LogP contribution < -0.4 is 0 Å². The molecule has 5 nitrogen and oxygen atoms in total. The van der Waals surface area contributed by atoms with Crippen molar-refractivity contribution in [2.45, 2.75) is 47.0 Å². The zero-order valence-electron chi connectivity index (χ0n) is 16.0. The van der Waals surface area contributed by atoms with Crippen LogP contribution in [0.2, 0.25) is 0 Å². The molecule has 134 valence electrons. The summed E-state index contributed by atoms with van der Waals surface area (Å²) in [5.41, 5.74) is 7.69. The number of hydrogen-bond acceptors (Lipinski definition) is 4. The molecule has 0 amide bonds. The summed E-state index contributed by atoms with van der Waals surface area (Å²) in [5.74, 6) is 0.804. The van der Waals surface area contributed by atoms with Crippen molar-refractivity contribution in [1.82, 2.24) is 19.6 Å². The minimum Gasteiger partial charge on any atom is -0.269 e. The van der Waals surface area contributed by atoms with Crippen molar-refractivity contribution in [2.75, 3.05) is 0 Å². The Kier molecular flexibility index (Phi) is 5.26. The van der Waals surface area contributed by atoms with Crippen LogP contribution >= 0.6 is 0 Å². The van der Waals surface area contributed by atoms with Gasteiger partial charge >= 0.3 is 0 Å². The maximum absolute atomic E-state index is 4.61. The van der Waals surface area contributed by atoms with Crippen LogP contribution in [0, 0.1) is 13.8 Å². The van der Waals surface area contributed by atoms with Gasteiger partial charge in [-0.15, -0.1) is 0 Å². The lowest BCUT2D eigenvalue weighted by Crippen LogP contribution is -1.97. The van der Waals surface area contributed by atoms with Gasteiger partial charge in [-0.1, -0.05) is 29.4 Å². The molecule has 0 fully saturated rings. The van der Waals surface area contributed by atoms with Crippen LogP contribution in [-0.2, 0) is 6.42 Å². The quantitative estimate of drug-likeness (QED) is 0.749. The number of allylic oxidation sites excluding steroid dienone is 8. The van der Waals surface area contributed by atoms with Crippen molar-refractivity contribution in [2.24, 2.45) is 4.99 Å². The van der Waals surface area contributed by atoms with Gasteiger partial charge in [-0.2, -0.15) is 5.10 Å². The first kappa shape index (κ1) is 18.0. The molecule has 2 aromatic heterocycles. The normalized spacial score (nSPS) is 16.8. The van der Waals surface area contributed by atoms with E-state index in [4.69, 9.17) is 0 Å². The monoisotopic (exact) mass is 347 g/mol. The van der Waals surface area contributed by atoms with E-state index < -0.39 is 0 Å². The molecule has 0 spiro atoms. The highest BCUT2D eigenvalue weighted by atomic mass is 15.3. The maximum atomic E-state index is 4.61. The highest BCUT2D eigenvalue weighted by molar-refractivity contribution is 5.43. The summed E-state index contributed by atoms with van der Waals surface area (Å²) in [6.45, 7) is 12.0. The average Bonchev–Trinajstić information content (AvgIpc) is 3.07. The fourth-order valence-corrected chi connectivity index (χ4v) is 2.89. The van der Waals surface area contributed by atoms with Gasteiger partial charge in [0.05, 0.1) is 11.4 Å². The van der Waals surface area contributed by atoms with Crippen molar-refractivity contribution in [3.05, 3.63) is 70.1 Å². The van der Waals surface area contributed by atoms with E-state index in [1.807, 2.05) is 24.6 Å². The van der Waals surface area contributed by atoms with Crippen LogP contribution in [0.4, 0.5) is 0 Å². The summed E-state index contributed by atoms with van der Waals surface area (Å²) in [4.78, 5) is 13.1. The third kappa shape index (κ3) is 3.87. The molecule has 26 heavy (non-hydrogen) atoms. The summed E-state index contributed by atoms with van der Waals surface area (Å²) in [6.07, 6.45) is 12.8. The van der Waals surface area contributed by atoms with E-state index in [0.717, 1.165) is 47.8 Å². The first-order valence-corrected chi connectivity index (χ1v) is 8.86. The summed E-state index contributed by atoms with van der Waals surface area (Å²) < 4.78 is 1.86. The van der Waals surface area contributed by atoms with Crippen LogP contribution in [0.5, 0.6) is 0 Å². The Hall–Kier alpha value is -2.82. The van der Waals surface area contributed by atoms with Crippen LogP contribution in [0.25, 0.3) is 5.65 Å². The fourth-order valence-electron chi connectivity index (χ4n) is 2.89. The second kappa shape index (κ2) is 7.60. The highest BCUT2D eigenvalue weighted by Crippen LogP contribution is 2.22. The summed E-state index contributed by atoms with van der Waals surface area (Å²) in [5, 5.41) is 4.59. The lowest BCUT2D eigenvalue weighted by atomic mass is 9.95. The van der Waals surface area contributed by atoms with Crippen molar-refractivity contribution in [3.63, 3.8) is 0 Å². The molecule has 0 aliphatic heterocycles. The minimum absolute atomic E-state index is 0.725. The SMILES string of the molecule is C=N/C(=C\C=C1\C=CC(C)=C(C)C1)CCc1nc2c(C)ncc(C)n2n1.